The predicted molar refractivity (Wildman–Crippen MR) is 117 cm³/mol. The molecule has 0 atom stereocenters. The van der Waals surface area contributed by atoms with Gasteiger partial charge in [-0.15, -0.1) is 10.2 Å². The largest absolute Gasteiger partial charge is 0.329 e. The molecule has 0 bridgehead atoms. The molecule has 1 aromatic carbocycles. The maximum absolute atomic E-state index is 13.5. The summed E-state index contributed by atoms with van der Waals surface area (Å²) in [5, 5.41) is 14.0. The molecule has 0 saturated carbocycles. The molecule has 3 aromatic heterocycles. The van der Waals surface area contributed by atoms with Crippen molar-refractivity contribution in [2.75, 3.05) is 6.54 Å². The number of carbonyl (C=O) groups excluding carboxylic acids is 1. The van der Waals surface area contributed by atoms with Crippen molar-refractivity contribution in [1.82, 2.24) is 34.4 Å². The number of carbonyl (C=O) groups is 1. The van der Waals surface area contributed by atoms with Crippen LogP contribution in [0.1, 0.15) is 21.9 Å². The van der Waals surface area contributed by atoms with Gasteiger partial charge in [-0.05, 0) is 31.2 Å². The molecular formula is C22H21N7OS. The maximum atomic E-state index is 13.5. The fraction of sp³-hybridized carbons (Fsp3) is 0.227. The second kappa shape index (κ2) is 7.99. The first kappa shape index (κ1) is 19.5. The second-order valence-electron chi connectivity index (χ2n) is 7.34. The van der Waals surface area contributed by atoms with Crippen LogP contribution in [0.4, 0.5) is 0 Å². The molecule has 1 aliphatic rings. The average molecular weight is 432 g/mol. The van der Waals surface area contributed by atoms with Gasteiger partial charge in [0.05, 0.1) is 17.8 Å². The first-order valence-electron chi connectivity index (χ1n) is 10.0. The van der Waals surface area contributed by atoms with E-state index in [2.05, 4.69) is 20.3 Å². The lowest BCUT2D eigenvalue weighted by atomic mass is 10.2. The summed E-state index contributed by atoms with van der Waals surface area (Å²) < 4.78 is 3.83. The minimum Gasteiger partial charge on any atom is -0.329 e. The monoisotopic (exact) mass is 431 g/mol. The van der Waals surface area contributed by atoms with E-state index in [-0.39, 0.29) is 5.91 Å². The van der Waals surface area contributed by atoms with Gasteiger partial charge in [-0.25, -0.2) is 0 Å². The maximum Gasteiger partial charge on any atom is 0.258 e. The van der Waals surface area contributed by atoms with E-state index in [1.807, 2.05) is 72.0 Å². The number of fused-ring (bicyclic) bond motifs is 1. The summed E-state index contributed by atoms with van der Waals surface area (Å²) in [7, 11) is 1.88. The van der Waals surface area contributed by atoms with Gasteiger partial charge < -0.3 is 9.47 Å². The number of amides is 1. The second-order valence-corrected chi connectivity index (χ2v) is 8.40. The molecule has 156 valence electrons. The van der Waals surface area contributed by atoms with E-state index in [4.69, 9.17) is 0 Å². The summed E-state index contributed by atoms with van der Waals surface area (Å²) in [6.07, 6.45) is 1.74. The third-order valence-corrected chi connectivity index (χ3v) is 6.45. The normalized spacial score (nSPS) is 13.3. The van der Waals surface area contributed by atoms with Crippen molar-refractivity contribution in [3.8, 4) is 11.5 Å². The number of aryl methyl sites for hydroxylation is 2. The lowest BCUT2D eigenvalue weighted by molar-refractivity contribution is 0.0703. The van der Waals surface area contributed by atoms with Crippen LogP contribution in [0.2, 0.25) is 0 Å². The Morgan fingerprint density at radius 2 is 1.84 bits per heavy atom. The minimum atomic E-state index is -0.0299. The third-order valence-electron chi connectivity index (χ3n) is 5.28. The predicted octanol–water partition coefficient (Wildman–Crippen LogP) is 3.19. The van der Waals surface area contributed by atoms with E-state index in [1.165, 1.54) is 0 Å². The van der Waals surface area contributed by atoms with Gasteiger partial charge in [0.15, 0.2) is 11.6 Å². The Morgan fingerprint density at radius 3 is 2.61 bits per heavy atom. The van der Waals surface area contributed by atoms with E-state index >= 15 is 0 Å². The number of benzene rings is 1. The fourth-order valence-corrected chi connectivity index (χ4v) is 4.80. The van der Waals surface area contributed by atoms with Crippen LogP contribution >= 0.6 is 11.8 Å². The van der Waals surface area contributed by atoms with E-state index in [0.717, 1.165) is 33.0 Å². The number of hydrogen-bond donors (Lipinski definition) is 0. The fourth-order valence-electron chi connectivity index (χ4n) is 3.77. The lowest BCUT2D eigenvalue weighted by Gasteiger charge is -2.28. The topological polar surface area (TPSA) is 81.7 Å². The molecule has 9 heteroatoms. The summed E-state index contributed by atoms with van der Waals surface area (Å²) >= 11 is 1.55. The Kier molecular flexibility index (Phi) is 5.03. The van der Waals surface area contributed by atoms with E-state index in [9.17, 15) is 4.79 Å². The Hall–Kier alpha value is -3.46. The first-order chi connectivity index (χ1) is 15.1. The molecule has 0 spiro atoms. The quantitative estimate of drug-likeness (QED) is 0.494. The molecule has 0 aliphatic carbocycles. The van der Waals surface area contributed by atoms with Crippen molar-refractivity contribution >= 4 is 17.7 Å². The van der Waals surface area contributed by atoms with Crippen LogP contribution in [0.3, 0.4) is 0 Å². The van der Waals surface area contributed by atoms with Crippen molar-refractivity contribution in [1.29, 1.82) is 0 Å². The van der Waals surface area contributed by atoms with Crippen LogP contribution < -0.4 is 0 Å². The molecule has 5 rings (SSSR count). The molecule has 0 N–H and O–H groups in total. The highest BCUT2D eigenvalue weighted by atomic mass is 32.2. The molecule has 0 unspecified atom stereocenters. The van der Waals surface area contributed by atoms with Crippen molar-refractivity contribution in [2.45, 2.75) is 29.9 Å². The molecule has 0 fully saturated rings. The molecule has 8 nitrogen and oxygen atoms in total. The van der Waals surface area contributed by atoms with Crippen LogP contribution in [0.15, 0.2) is 64.6 Å². The summed E-state index contributed by atoms with van der Waals surface area (Å²) in [6.45, 7) is 3.49. The zero-order chi connectivity index (χ0) is 21.4. The number of nitrogens with zero attached hydrogens (tertiary/aromatic N) is 7. The molecule has 0 saturated heterocycles. The van der Waals surface area contributed by atoms with Gasteiger partial charge in [0.25, 0.3) is 5.91 Å². The average Bonchev–Trinajstić information content (AvgIpc) is 3.34. The number of pyridine rings is 1. The molecule has 1 aliphatic heterocycles. The Balaban J connectivity index is 1.42. The highest BCUT2D eigenvalue weighted by Gasteiger charge is 2.30. The standard InChI is InChI=1S/C22H21N7OS/c1-15-19(22(27(2)26-15)31-16-8-4-3-5-9-16)21(30)28-12-13-29-18(14-28)24-25-20(29)17-10-6-7-11-23-17/h3-11H,12-14H2,1-2H3. The molecule has 0 radical (unpaired) electrons. The van der Waals surface area contributed by atoms with Crippen molar-refractivity contribution in [3.05, 3.63) is 71.8 Å². The van der Waals surface area contributed by atoms with Crippen LogP contribution in [0, 0.1) is 6.92 Å². The van der Waals surface area contributed by atoms with Crippen molar-refractivity contribution < 1.29 is 4.79 Å². The highest BCUT2D eigenvalue weighted by molar-refractivity contribution is 7.99. The zero-order valence-electron chi connectivity index (χ0n) is 17.3. The van der Waals surface area contributed by atoms with Gasteiger partial charge in [0.2, 0.25) is 0 Å². The number of hydrogen-bond acceptors (Lipinski definition) is 6. The molecule has 1 amide bonds. The number of aromatic nitrogens is 6. The molecule has 31 heavy (non-hydrogen) atoms. The summed E-state index contributed by atoms with van der Waals surface area (Å²) in [6, 6.07) is 15.7. The van der Waals surface area contributed by atoms with Gasteiger partial charge in [-0.1, -0.05) is 36.0 Å². The van der Waals surface area contributed by atoms with Gasteiger partial charge in [-0.3, -0.25) is 14.5 Å². The third kappa shape index (κ3) is 3.61. The SMILES string of the molecule is Cc1nn(C)c(Sc2ccccc2)c1C(=O)N1CCn2c(nnc2-c2ccccn2)C1. The molecule has 4 heterocycles. The Bertz CT molecular complexity index is 1230. The van der Waals surface area contributed by atoms with Gasteiger partial charge in [0, 0.05) is 31.2 Å². The summed E-state index contributed by atoms with van der Waals surface area (Å²) in [4.78, 5) is 20.8. The first-order valence-corrected chi connectivity index (χ1v) is 10.8. The van der Waals surface area contributed by atoms with Crippen LogP contribution in [0.5, 0.6) is 0 Å². The van der Waals surface area contributed by atoms with Crippen LogP contribution in [-0.4, -0.2) is 46.9 Å². The van der Waals surface area contributed by atoms with E-state index in [1.54, 1.807) is 22.6 Å². The summed E-state index contributed by atoms with van der Waals surface area (Å²) in [5.41, 5.74) is 2.16. The molecule has 4 aromatic rings. The zero-order valence-corrected chi connectivity index (χ0v) is 18.1. The van der Waals surface area contributed by atoms with Crippen LogP contribution in [0.25, 0.3) is 11.5 Å². The van der Waals surface area contributed by atoms with Gasteiger partial charge >= 0.3 is 0 Å². The Labute approximate surface area is 183 Å². The van der Waals surface area contributed by atoms with E-state index < -0.39 is 0 Å². The number of rotatable bonds is 4. The van der Waals surface area contributed by atoms with Gasteiger partial charge in [0.1, 0.15) is 10.7 Å². The van der Waals surface area contributed by atoms with Crippen LogP contribution in [-0.2, 0) is 20.1 Å². The van der Waals surface area contributed by atoms with Gasteiger partial charge in [-0.2, -0.15) is 5.10 Å². The van der Waals surface area contributed by atoms with E-state index in [0.29, 0.717) is 25.2 Å². The molecular weight excluding hydrogens is 410 g/mol. The van der Waals surface area contributed by atoms with Crippen molar-refractivity contribution in [2.24, 2.45) is 7.05 Å². The Morgan fingerprint density at radius 1 is 1.03 bits per heavy atom. The minimum absolute atomic E-state index is 0.0299. The highest BCUT2D eigenvalue weighted by Crippen LogP contribution is 2.33. The van der Waals surface area contributed by atoms with Crippen molar-refractivity contribution in [3.63, 3.8) is 0 Å². The lowest BCUT2D eigenvalue weighted by Crippen LogP contribution is -2.39. The smallest absolute Gasteiger partial charge is 0.258 e. The summed E-state index contributed by atoms with van der Waals surface area (Å²) in [5.74, 6) is 1.47.